The highest BCUT2D eigenvalue weighted by Crippen LogP contribution is 2.26. The average molecular weight is 347 g/mol. The predicted molar refractivity (Wildman–Crippen MR) is 90.7 cm³/mol. The molecule has 0 bridgehead atoms. The van der Waals surface area contributed by atoms with Crippen LogP contribution in [-0.2, 0) is 14.8 Å². The summed E-state index contributed by atoms with van der Waals surface area (Å²) in [5, 5.41) is 12.5. The quantitative estimate of drug-likeness (QED) is 0.863. The molecule has 0 unspecified atom stereocenters. The summed E-state index contributed by atoms with van der Waals surface area (Å²) in [7, 11) is -3.76. The van der Waals surface area contributed by atoms with Crippen molar-refractivity contribution in [1.82, 2.24) is 0 Å². The SMILES string of the molecule is CC1=NN(c2ccc(S(N)(=O)=O)cc2)C(=O)/C1=C/c1cccs1. The average Bonchev–Trinajstić information content (AvgIpc) is 3.10. The zero-order valence-electron chi connectivity index (χ0n) is 12.1. The molecule has 0 fully saturated rings. The van der Waals surface area contributed by atoms with Crippen LogP contribution in [0.4, 0.5) is 5.69 Å². The summed E-state index contributed by atoms with van der Waals surface area (Å²) in [5.41, 5.74) is 1.61. The van der Waals surface area contributed by atoms with Gasteiger partial charge >= 0.3 is 0 Å². The van der Waals surface area contributed by atoms with Crippen molar-refractivity contribution in [2.45, 2.75) is 11.8 Å². The Morgan fingerprint density at radius 1 is 1.22 bits per heavy atom. The van der Waals surface area contributed by atoms with Crippen LogP contribution in [-0.4, -0.2) is 20.0 Å². The molecule has 3 rings (SSSR count). The second kappa shape index (κ2) is 5.73. The molecule has 118 valence electrons. The van der Waals surface area contributed by atoms with E-state index in [2.05, 4.69) is 5.10 Å². The number of thiophene rings is 1. The van der Waals surface area contributed by atoms with E-state index in [1.807, 2.05) is 17.5 Å². The molecule has 2 N–H and O–H groups in total. The third kappa shape index (κ3) is 3.09. The number of hydrazone groups is 1. The van der Waals surface area contributed by atoms with Crippen molar-refractivity contribution >= 4 is 44.7 Å². The Morgan fingerprint density at radius 3 is 2.48 bits per heavy atom. The van der Waals surface area contributed by atoms with Crippen LogP contribution in [0.1, 0.15) is 11.8 Å². The van der Waals surface area contributed by atoms with Gasteiger partial charge in [0.15, 0.2) is 0 Å². The van der Waals surface area contributed by atoms with Crippen LogP contribution in [0.5, 0.6) is 0 Å². The van der Waals surface area contributed by atoms with Gasteiger partial charge in [-0.05, 0) is 48.7 Å². The van der Waals surface area contributed by atoms with E-state index in [-0.39, 0.29) is 10.8 Å². The zero-order chi connectivity index (χ0) is 16.6. The number of benzene rings is 1. The molecule has 23 heavy (non-hydrogen) atoms. The molecule has 2 heterocycles. The highest BCUT2D eigenvalue weighted by atomic mass is 32.2. The van der Waals surface area contributed by atoms with Crippen LogP contribution in [0.25, 0.3) is 6.08 Å². The largest absolute Gasteiger partial charge is 0.280 e. The highest BCUT2D eigenvalue weighted by molar-refractivity contribution is 7.89. The zero-order valence-corrected chi connectivity index (χ0v) is 13.8. The summed E-state index contributed by atoms with van der Waals surface area (Å²) in [6.07, 6.45) is 1.80. The topological polar surface area (TPSA) is 92.8 Å². The van der Waals surface area contributed by atoms with E-state index in [1.165, 1.54) is 40.6 Å². The van der Waals surface area contributed by atoms with Gasteiger partial charge in [0.05, 0.1) is 21.9 Å². The van der Waals surface area contributed by atoms with Gasteiger partial charge in [-0.1, -0.05) is 6.07 Å². The van der Waals surface area contributed by atoms with E-state index in [9.17, 15) is 13.2 Å². The minimum atomic E-state index is -3.76. The minimum absolute atomic E-state index is 0.0112. The van der Waals surface area contributed by atoms with Gasteiger partial charge in [-0.15, -0.1) is 11.3 Å². The minimum Gasteiger partial charge on any atom is -0.267 e. The molecule has 0 radical (unpaired) electrons. The number of nitrogens with two attached hydrogens (primary N) is 1. The van der Waals surface area contributed by atoms with Gasteiger partial charge in [-0.25, -0.2) is 13.6 Å². The van der Waals surface area contributed by atoms with Crippen LogP contribution in [0.3, 0.4) is 0 Å². The number of carbonyl (C=O) groups excluding carboxylic acids is 1. The fraction of sp³-hybridized carbons (Fsp3) is 0.0667. The Bertz CT molecular complexity index is 911. The lowest BCUT2D eigenvalue weighted by Crippen LogP contribution is -2.21. The van der Waals surface area contributed by atoms with E-state index in [0.717, 1.165) is 4.88 Å². The van der Waals surface area contributed by atoms with E-state index in [0.29, 0.717) is 17.0 Å². The molecule has 1 aromatic heterocycles. The smallest absolute Gasteiger partial charge is 0.267 e. The first-order valence-corrected chi connectivity index (χ1v) is 9.07. The van der Waals surface area contributed by atoms with Crippen LogP contribution in [0, 0.1) is 0 Å². The Morgan fingerprint density at radius 2 is 1.91 bits per heavy atom. The Labute approximate surface area is 137 Å². The number of anilines is 1. The van der Waals surface area contributed by atoms with Crippen molar-refractivity contribution in [3.8, 4) is 0 Å². The summed E-state index contributed by atoms with van der Waals surface area (Å²) in [6.45, 7) is 1.76. The number of carbonyl (C=O) groups is 1. The first-order valence-electron chi connectivity index (χ1n) is 6.64. The van der Waals surface area contributed by atoms with Gasteiger partial charge in [0.25, 0.3) is 5.91 Å². The van der Waals surface area contributed by atoms with Gasteiger partial charge < -0.3 is 0 Å². The lowest BCUT2D eigenvalue weighted by Gasteiger charge is -2.12. The van der Waals surface area contributed by atoms with Crippen molar-refractivity contribution in [1.29, 1.82) is 0 Å². The molecule has 6 nitrogen and oxygen atoms in total. The molecule has 2 aromatic rings. The highest BCUT2D eigenvalue weighted by Gasteiger charge is 2.28. The molecule has 0 saturated heterocycles. The molecule has 1 amide bonds. The monoisotopic (exact) mass is 347 g/mol. The van der Waals surface area contributed by atoms with Gasteiger partial charge in [0, 0.05) is 4.88 Å². The molecule has 8 heteroatoms. The molecule has 0 saturated carbocycles. The lowest BCUT2D eigenvalue weighted by atomic mass is 10.1. The first-order chi connectivity index (χ1) is 10.9. The third-order valence-corrected chi connectivity index (χ3v) is 5.05. The Balaban J connectivity index is 1.92. The van der Waals surface area contributed by atoms with Gasteiger partial charge in [0.1, 0.15) is 0 Å². The Hall–Kier alpha value is -2.29. The van der Waals surface area contributed by atoms with Gasteiger partial charge in [-0.2, -0.15) is 10.1 Å². The molecule has 1 aliphatic rings. The second-order valence-corrected chi connectivity index (χ2v) is 7.46. The number of nitrogens with zero attached hydrogens (tertiary/aromatic N) is 2. The summed E-state index contributed by atoms with van der Waals surface area (Å²) >= 11 is 1.53. The normalized spacial score (nSPS) is 17.0. The van der Waals surface area contributed by atoms with E-state index < -0.39 is 10.0 Å². The first kappa shape index (κ1) is 15.6. The lowest BCUT2D eigenvalue weighted by molar-refractivity contribution is -0.114. The molecular formula is C15H13N3O3S2. The van der Waals surface area contributed by atoms with Crippen LogP contribution < -0.4 is 10.1 Å². The van der Waals surface area contributed by atoms with E-state index >= 15 is 0 Å². The summed E-state index contributed by atoms with van der Waals surface area (Å²) in [4.78, 5) is 13.5. The van der Waals surface area contributed by atoms with Crippen LogP contribution >= 0.6 is 11.3 Å². The Kier molecular flexibility index (Phi) is 3.88. The number of primary sulfonamides is 1. The van der Waals surface area contributed by atoms with E-state index in [1.54, 1.807) is 13.0 Å². The molecule has 0 atom stereocenters. The van der Waals surface area contributed by atoms with Crippen molar-refractivity contribution in [3.63, 3.8) is 0 Å². The fourth-order valence-corrected chi connectivity index (χ4v) is 3.32. The van der Waals surface area contributed by atoms with Crippen LogP contribution in [0.15, 0.2) is 57.3 Å². The maximum absolute atomic E-state index is 12.5. The van der Waals surface area contributed by atoms with E-state index in [4.69, 9.17) is 5.14 Å². The van der Waals surface area contributed by atoms with Crippen molar-refractivity contribution in [3.05, 3.63) is 52.2 Å². The predicted octanol–water partition coefficient (Wildman–Crippen LogP) is 2.20. The maximum atomic E-state index is 12.5. The summed E-state index contributed by atoms with van der Waals surface area (Å²) < 4.78 is 22.5. The summed E-state index contributed by atoms with van der Waals surface area (Å²) in [5.74, 6) is -0.251. The number of rotatable bonds is 3. The van der Waals surface area contributed by atoms with Crippen molar-refractivity contribution in [2.75, 3.05) is 5.01 Å². The van der Waals surface area contributed by atoms with Gasteiger partial charge in [0.2, 0.25) is 10.0 Å². The van der Waals surface area contributed by atoms with Gasteiger partial charge in [-0.3, -0.25) is 4.79 Å². The van der Waals surface area contributed by atoms with Crippen molar-refractivity contribution in [2.24, 2.45) is 10.2 Å². The third-order valence-electron chi connectivity index (χ3n) is 3.30. The van der Waals surface area contributed by atoms with Crippen LogP contribution in [0.2, 0.25) is 0 Å². The molecule has 0 spiro atoms. The number of hydrogen-bond donors (Lipinski definition) is 1. The standard InChI is InChI=1S/C15H13N3O3S2/c1-10-14(9-12-3-2-8-22-12)15(19)18(17-10)11-4-6-13(7-5-11)23(16,20)21/h2-9H,1H3,(H2,16,20,21)/b14-9+. The second-order valence-electron chi connectivity index (χ2n) is 4.91. The number of sulfonamides is 1. The molecule has 0 aliphatic carbocycles. The fourth-order valence-electron chi connectivity index (χ4n) is 2.15. The number of hydrogen-bond acceptors (Lipinski definition) is 5. The maximum Gasteiger partial charge on any atom is 0.280 e. The molecule has 1 aliphatic heterocycles. The molecular weight excluding hydrogens is 334 g/mol. The molecule has 1 aromatic carbocycles. The summed E-state index contributed by atoms with van der Waals surface area (Å²) in [6, 6.07) is 9.53. The number of amides is 1. The van der Waals surface area contributed by atoms with Crippen molar-refractivity contribution < 1.29 is 13.2 Å².